The average molecular weight is 653 g/mol. The number of halogens is 2. The lowest BCUT2D eigenvalue weighted by molar-refractivity contribution is -0.141. The van der Waals surface area contributed by atoms with Crippen LogP contribution in [0, 0.1) is 0 Å². The van der Waals surface area contributed by atoms with E-state index in [-0.39, 0.29) is 55.1 Å². The lowest BCUT2D eigenvalue weighted by Crippen LogP contribution is -2.52. The topological polar surface area (TPSA) is 86.8 Å². The van der Waals surface area contributed by atoms with Crippen LogP contribution in [0.3, 0.4) is 0 Å². The SMILES string of the molecule is CCC(C)NC(=O)C(Cc1ccccc1)N(Cc1c(Cl)cccc1Cl)C(=O)CCCN1c2cccc3cccc(c23)S1(=O)=O. The van der Waals surface area contributed by atoms with Gasteiger partial charge < -0.3 is 10.2 Å². The molecule has 0 saturated carbocycles. The number of rotatable bonds is 12. The van der Waals surface area contributed by atoms with Crippen molar-refractivity contribution >= 4 is 61.5 Å². The quantitative estimate of drug-likeness (QED) is 0.179. The number of hydrogen-bond donors (Lipinski definition) is 1. The Morgan fingerprint density at radius 2 is 1.57 bits per heavy atom. The van der Waals surface area contributed by atoms with Crippen molar-refractivity contribution in [2.45, 2.75) is 63.1 Å². The van der Waals surface area contributed by atoms with Gasteiger partial charge in [0.25, 0.3) is 10.0 Å². The molecule has 0 aromatic heterocycles. The van der Waals surface area contributed by atoms with Crippen LogP contribution in [0.15, 0.2) is 89.8 Å². The minimum absolute atomic E-state index is 0.0162. The van der Waals surface area contributed by atoms with Crippen molar-refractivity contribution in [3.8, 4) is 0 Å². The first kappa shape index (κ1) is 31.8. The molecular weight excluding hydrogens is 617 g/mol. The second kappa shape index (κ2) is 13.6. The lowest BCUT2D eigenvalue weighted by atomic mass is 10.0. The van der Waals surface area contributed by atoms with Crippen LogP contribution in [-0.4, -0.2) is 43.8 Å². The van der Waals surface area contributed by atoms with Gasteiger partial charge in [0.15, 0.2) is 0 Å². The summed E-state index contributed by atoms with van der Waals surface area (Å²) in [4.78, 5) is 29.7. The summed E-state index contributed by atoms with van der Waals surface area (Å²) in [6.07, 6.45) is 1.28. The zero-order chi connectivity index (χ0) is 31.4. The van der Waals surface area contributed by atoms with Crippen LogP contribution in [0.1, 0.15) is 44.2 Å². The van der Waals surface area contributed by atoms with Crippen LogP contribution < -0.4 is 9.62 Å². The number of carbonyl (C=O) groups is 2. The van der Waals surface area contributed by atoms with Crippen molar-refractivity contribution in [3.05, 3.63) is 106 Å². The van der Waals surface area contributed by atoms with Crippen LogP contribution in [0.5, 0.6) is 0 Å². The van der Waals surface area contributed by atoms with E-state index in [4.69, 9.17) is 23.2 Å². The summed E-state index contributed by atoms with van der Waals surface area (Å²) in [6.45, 7) is 4.04. The summed E-state index contributed by atoms with van der Waals surface area (Å²) in [5.41, 5.74) is 2.05. The maximum Gasteiger partial charge on any atom is 0.265 e. The minimum Gasteiger partial charge on any atom is -0.352 e. The number of carbonyl (C=O) groups excluding carboxylic acids is 2. The van der Waals surface area contributed by atoms with Crippen LogP contribution >= 0.6 is 23.2 Å². The van der Waals surface area contributed by atoms with Gasteiger partial charge in [0.2, 0.25) is 11.8 Å². The fourth-order valence-electron chi connectivity index (χ4n) is 5.57. The molecule has 44 heavy (non-hydrogen) atoms. The highest BCUT2D eigenvalue weighted by Gasteiger charge is 2.36. The second-order valence-electron chi connectivity index (χ2n) is 11.1. The minimum atomic E-state index is -3.75. The molecule has 4 aromatic rings. The van der Waals surface area contributed by atoms with E-state index < -0.39 is 16.1 Å². The number of benzene rings is 4. The van der Waals surface area contributed by atoms with E-state index in [0.29, 0.717) is 26.7 Å². The van der Waals surface area contributed by atoms with Gasteiger partial charge in [-0.15, -0.1) is 0 Å². The molecule has 1 heterocycles. The molecule has 10 heteroatoms. The standard InChI is InChI=1S/C34H35Cl2N3O4S/c1-3-23(2)37-34(41)30(21-24-11-5-4-6-12-24)38(22-26-27(35)15-9-16-28(26)36)32(40)19-10-20-39-29-17-7-13-25-14-8-18-31(33(25)29)44(39,42)43/h4-9,11-18,23,30H,3,10,19-22H2,1-2H3,(H,37,41). The summed E-state index contributed by atoms with van der Waals surface area (Å²) in [5, 5.41) is 5.38. The van der Waals surface area contributed by atoms with Crippen LogP contribution in [0.4, 0.5) is 5.69 Å². The van der Waals surface area contributed by atoms with Crippen molar-refractivity contribution in [3.63, 3.8) is 0 Å². The summed E-state index contributed by atoms with van der Waals surface area (Å²) in [7, 11) is -3.75. The summed E-state index contributed by atoms with van der Waals surface area (Å²) >= 11 is 13.1. The third-order valence-electron chi connectivity index (χ3n) is 8.10. The molecule has 0 aliphatic carbocycles. The van der Waals surface area contributed by atoms with E-state index >= 15 is 0 Å². The molecular formula is C34H35Cl2N3O4S. The number of nitrogens with one attached hydrogen (secondary N) is 1. The third kappa shape index (κ3) is 6.58. The molecule has 5 rings (SSSR count). The molecule has 2 unspecified atom stereocenters. The Bertz CT molecular complexity index is 1760. The van der Waals surface area contributed by atoms with Crippen molar-refractivity contribution < 1.29 is 18.0 Å². The van der Waals surface area contributed by atoms with Crippen molar-refractivity contribution in [1.82, 2.24) is 10.2 Å². The van der Waals surface area contributed by atoms with Gasteiger partial charge in [-0.25, -0.2) is 8.42 Å². The number of hydrogen-bond acceptors (Lipinski definition) is 4. The Morgan fingerprint density at radius 1 is 0.909 bits per heavy atom. The predicted molar refractivity (Wildman–Crippen MR) is 177 cm³/mol. The summed E-state index contributed by atoms with van der Waals surface area (Å²) < 4.78 is 28.3. The molecule has 1 aliphatic heterocycles. The van der Waals surface area contributed by atoms with E-state index in [2.05, 4.69) is 5.32 Å². The Morgan fingerprint density at radius 3 is 2.25 bits per heavy atom. The number of sulfonamides is 1. The fraction of sp³-hybridized carbons (Fsp3) is 0.294. The van der Waals surface area contributed by atoms with Gasteiger partial charge in [-0.05, 0) is 55.0 Å². The summed E-state index contributed by atoms with van der Waals surface area (Å²) in [6, 6.07) is 24.5. The highest BCUT2D eigenvalue weighted by Crippen LogP contribution is 2.42. The molecule has 0 fully saturated rings. The van der Waals surface area contributed by atoms with Gasteiger partial charge in [-0.1, -0.05) is 90.8 Å². The maximum atomic E-state index is 14.1. The first-order valence-corrected chi connectivity index (χ1v) is 16.9. The molecule has 1 N–H and O–H groups in total. The van der Waals surface area contributed by atoms with Crippen molar-refractivity contribution in [2.75, 3.05) is 10.8 Å². The molecule has 7 nitrogen and oxygen atoms in total. The molecule has 4 aromatic carbocycles. The number of amides is 2. The van der Waals surface area contributed by atoms with E-state index in [9.17, 15) is 18.0 Å². The molecule has 0 radical (unpaired) electrons. The Hall–Kier alpha value is -3.59. The zero-order valence-corrected chi connectivity index (χ0v) is 27.0. The average Bonchev–Trinajstić information content (AvgIpc) is 3.23. The van der Waals surface area contributed by atoms with E-state index in [0.717, 1.165) is 17.4 Å². The van der Waals surface area contributed by atoms with E-state index in [1.54, 1.807) is 36.4 Å². The summed E-state index contributed by atoms with van der Waals surface area (Å²) in [5.74, 6) is -0.572. The molecule has 2 atom stereocenters. The van der Waals surface area contributed by atoms with Gasteiger partial charge in [-0.3, -0.25) is 13.9 Å². The van der Waals surface area contributed by atoms with Crippen molar-refractivity contribution in [2.24, 2.45) is 0 Å². The fourth-order valence-corrected chi connectivity index (χ4v) is 7.83. The molecule has 2 amide bonds. The number of anilines is 1. The van der Waals surface area contributed by atoms with E-state index in [1.165, 1.54) is 9.21 Å². The van der Waals surface area contributed by atoms with E-state index in [1.807, 2.05) is 62.4 Å². The molecule has 0 saturated heterocycles. The highest BCUT2D eigenvalue weighted by atomic mass is 35.5. The van der Waals surface area contributed by atoms with Crippen LogP contribution in [0.25, 0.3) is 10.8 Å². The highest BCUT2D eigenvalue weighted by molar-refractivity contribution is 7.93. The van der Waals surface area contributed by atoms with Crippen LogP contribution in [-0.2, 0) is 32.6 Å². The molecule has 0 spiro atoms. The monoisotopic (exact) mass is 651 g/mol. The lowest BCUT2D eigenvalue weighted by Gasteiger charge is -2.33. The zero-order valence-electron chi connectivity index (χ0n) is 24.7. The smallest absolute Gasteiger partial charge is 0.265 e. The second-order valence-corrected chi connectivity index (χ2v) is 13.7. The van der Waals surface area contributed by atoms with Gasteiger partial charge >= 0.3 is 0 Å². The Balaban J connectivity index is 1.43. The molecule has 230 valence electrons. The van der Waals surface area contributed by atoms with Gasteiger partial charge in [0, 0.05) is 53.0 Å². The normalized spacial score (nSPS) is 14.8. The van der Waals surface area contributed by atoms with Gasteiger partial charge in [0.05, 0.1) is 10.6 Å². The third-order valence-corrected chi connectivity index (χ3v) is 10.7. The first-order chi connectivity index (χ1) is 21.1. The predicted octanol–water partition coefficient (Wildman–Crippen LogP) is 6.99. The number of nitrogens with zero attached hydrogens (tertiary/aromatic N) is 2. The Labute approximate surface area is 268 Å². The Kier molecular flexibility index (Phi) is 9.83. The van der Waals surface area contributed by atoms with Gasteiger partial charge in [-0.2, -0.15) is 0 Å². The first-order valence-electron chi connectivity index (χ1n) is 14.7. The molecule has 0 bridgehead atoms. The van der Waals surface area contributed by atoms with Crippen LogP contribution in [0.2, 0.25) is 10.0 Å². The van der Waals surface area contributed by atoms with Gasteiger partial charge in [0.1, 0.15) is 6.04 Å². The van der Waals surface area contributed by atoms with Crippen molar-refractivity contribution in [1.29, 1.82) is 0 Å². The maximum absolute atomic E-state index is 14.1. The largest absolute Gasteiger partial charge is 0.352 e. The molecule has 1 aliphatic rings.